The Morgan fingerprint density at radius 2 is 2.12 bits per heavy atom. The lowest BCUT2D eigenvalue weighted by Crippen LogP contribution is -2.28. The van der Waals surface area contributed by atoms with Crippen molar-refractivity contribution in [2.45, 2.75) is 32.7 Å². The fraction of sp³-hybridized carbons (Fsp3) is 0.706. The van der Waals surface area contributed by atoms with Crippen LogP contribution in [0.2, 0.25) is 0 Å². The summed E-state index contributed by atoms with van der Waals surface area (Å²) in [5.41, 5.74) is 2.54. The van der Waals surface area contributed by atoms with E-state index in [9.17, 15) is 13.2 Å². The fourth-order valence-electron chi connectivity index (χ4n) is 3.49. The number of methoxy groups -OCH3 is 1. The maximum atomic E-state index is 12.6. The molecule has 24 heavy (non-hydrogen) atoms. The van der Waals surface area contributed by atoms with Gasteiger partial charge in [0.1, 0.15) is 0 Å². The number of sulfone groups is 1. The molecular weight excluding hydrogens is 328 g/mol. The van der Waals surface area contributed by atoms with Gasteiger partial charge < -0.3 is 9.30 Å². The van der Waals surface area contributed by atoms with E-state index in [0.29, 0.717) is 25.1 Å². The first-order chi connectivity index (χ1) is 11.2. The molecule has 0 radical (unpaired) electrons. The Hall–Kier alpha value is -1.18. The van der Waals surface area contributed by atoms with Gasteiger partial charge in [0.2, 0.25) is 0 Å². The zero-order chi connectivity index (χ0) is 17.9. The van der Waals surface area contributed by atoms with Crippen molar-refractivity contribution in [3.05, 3.63) is 23.0 Å². The Labute approximate surface area is 144 Å². The lowest BCUT2D eigenvalue weighted by atomic mass is 10.1. The number of aromatic nitrogens is 1. The van der Waals surface area contributed by atoms with Gasteiger partial charge in [-0.2, -0.15) is 0 Å². The Balaban J connectivity index is 2.09. The predicted octanol–water partition coefficient (Wildman–Crippen LogP) is 1.62. The van der Waals surface area contributed by atoms with Gasteiger partial charge in [-0.15, -0.1) is 0 Å². The second kappa shape index (κ2) is 7.80. The molecule has 1 fully saturated rings. The zero-order valence-corrected chi connectivity index (χ0v) is 15.9. The van der Waals surface area contributed by atoms with E-state index in [1.54, 1.807) is 7.11 Å². The first-order valence-corrected chi connectivity index (χ1v) is 10.2. The van der Waals surface area contributed by atoms with Gasteiger partial charge in [-0.3, -0.25) is 9.69 Å². The van der Waals surface area contributed by atoms with Gasteiger partial charge in [-0.1, -0.05) is 0 Å². The first-order valence-electron chi connectivity index (χ1n) is 8.34. The van der Waals surface area contributed by atoms with Gasteiger partial charge >= 0.3 is 0 Å². The highest BCUT2D eigenvalue weighted by Crippen LogP contribution is 2.29. The van der Waals surface area contributed by atoms with Crippen LogP contribution in [0.1, 0.15) is 40.6 Å². The average Bonchev–Trinajstić information content (AvgIpc) is 2.98. The summed E-state index contributed by atoms with van der Waals surface area (Å²) >= 11 is 0. The van der Waals surface area contributed by atoms with Crippen molar-refractivity contribution in [2.75, 3.05) is 45.4 Å². The number of carbonyl (C=O) groups is 1. The van der Waals surface area contributed by atoms with Crippen LogP contribution in [0.5, 0.6) is 0 Å². The van der Waals surface area contributed by atoms with E-state index in [-0.39, 0.29) is 23.3 Å². The third-order valence-electron chi connectivity index (χ3n) is 4.66. The Kier molecular flexibility index (Phi) is 6.22. The van der Waals surface area contributed by atoms with E-state index >= 15 is 0 Å². The van der Waals surface area contributed by atoms with Gasteiger partial charge in [0.15, 0.2) is 15.6 Å². The van der Waals surface area contributed by atoms with Crippen molar-refractivity contribution in [1.29, 1.82) is 0 Å². The maximum Gasteiger partial charge on any atom is 0.178 e. The monoisotopic (exact) mass is 356 g/mol. The van der Waals surface area contributed by atoms with Crippen LogP contribution in [-0.4, -0.2) is 69.0 Å². The van der Waals surface area contributed by atoms with Crippen LogP contribution in [0.15, 0.2) is 6.07 Å². The summed E-state index contributed by atoms with van der Waals surface area (Å²) < 4.78 is 30.6. The van der Waals surface area contributed by atoms with Crippen LogP contribution < -0.4 is 0 Å². The minimum atomic E-state index is -2.95. The molecule has 1 aromatic heterocycles. The topological polar surface area (TPSA) is 68.6 Å². The van der Waals surface area contributed by atoms with E-state index in [1.165, 1.54) is 0 Å². The van der Waals surface area contributed by atoms with Crippen molar-refractivity contribution in [1.82, 2.24) is 9.47 Å². The highest BCUT2D eigenvalue weighted by molar-refractivity contribution is 7.91. The Morgan fingerprint density at radius 3 is 2.71 bits per heavy atom. The zero-order valence-electron chi connectivity index (χ0n) is 15.0. The van der Waals surface area contributed by atoms with Gasteiger partial charge in [0, 0.05) is 43.3 Å². The van der Waals surface area contributed by atoms with Crippen LogP contribution in [0.4, 0.5) is 0 Å². The normalized spacial score (nSPS) is 20.0. The van der Waals surface area contributed by atoms with Gasteiger partial charge in [0.25, 0.3) is 0 Å². The molecule has 1 aromatic rings. The highest BCUT2D eigenvalue weighted by atomic mass is 32.2. The molecule has 1 aliphatic heterocycles. The molecule has 6 nitrogen and oxygen atoms in total. The van der Waals surface area contributed by atoms with Gasteiger partial charge in [-0.05, 0) is 39.8 Å². The summed E-state index contributed by atoms with van der Waals surface area (Å²) in [5.74, 6) is 0.490. The minimum Gasteiger partial charge on any atom is -0.385 e. The summed E-state index contributed by atoms with van der Waals surface area (Å²) in [6, 6.07) is 1.85. The summed E-state index contributed by atoms with van der Waals surface area (Å²) in [4.78, 5) is 14.6. The standard InChI is InChI=1S/C17H28N2O4S/c1-13-10-16(17(20)11-18(3)7-5-8-23-4)14(2)19(13)15-6-9-24(21,22)12-15/h10,15H,5-9,11-12H2,1-4H3. The van der Waals surface area contributed by atoms with E-state index in [4.69, 9.17) is 4.74 Å². The number of ether oxygens (including phenoxy) is 1. The van der Waals surface area contributed by atoms with Crippen molar-refractivity contribution < 1.29 is 17.9 Å². The summed E-state index contributed by atoms with van der Waals surface area (Å²) in [6.07, 6.45) is 1.52. The van der Waals surface area contributed by atoms with Crippen LogP contribution >= 0.6 is 0 Å². The fourth-order valence-corrected chi connectivity index (χ4v) is 5.19. The molecule has 136 valence electrons. The van der Waals surface area contributed by atoms with Gasteiger partial charge in [-0.25, -0.2) is 8.42 Å². The summed E-state index contributed by atoms with van der Waals surface area (Å²) in [6.45, 7) is 5.70. The number of hydrogen-bond acceptors (Lipinski definition) is 5. The molecule has 7 heteroatoms. The van der Waals surface area contributed by atoms with Crippen LogP contribution in [0.3, 0.4) is 0 Å². The molecule has 1 saturated heterocycles. The summed E-state index contributed by atoms with van der Waals surface area (Å²) in [7, 11) is 0.651. The average molecular weight is 356 g/mol. The quantitative estimate of drug-likeness (QED) is 0.523. The molecule has 2 heterocycles. The lowest BCUT2D eigenvalue weighted by Gasteiger charge is -2.17. The molecule has 0 bridgehead atoms. The van der Waals surface area contributed by atoms with Gasteiger partial charge in [0.05, 0.1) is 18.1 Å². The van der Waals surface area contributed by atoms with Crippen LogP contribution in [-0.2, 0) is 14.6 Å². The minimum absolute atomic E-state index is 0.0454. The maximum absolute atomic E-state index is 12.6. The number of likely N-dealkylation sites (N-methyl/N-ethyl adjacent to an activating group) is 1. The predicted molar refractivity (Wildman–Crippen MR) is 94.5 cm³/mol. The van der Waals surface area contributed by atoms with E-state index in [2.05, 4.69) is 0 Å². The molecule has 0 amide bonds. The van der Waals surface area contributed by atoms with Crippen LogP contribution in [0.25, 0.3) is 0 Å². The van der Waals surface area contributed by atoms with Crippen molar-refractivity contribution in [2.24, 2.45) is 0 Å². The third-order valence-corrected chi connectivity index (χ3v) is 6.41. The van der Waals surface area contributed by atoms with E-state index in [1.807, 2.05) is 36.4 Å². The van der Waals surface area contributed by atoms with Crippen molar-refractivity contribution >= 4 is 15.6 Å². The molecule has 0 aromatic carbocycles. The number of rotatable bonds is 8. The molecule has 0 N–H and O–H groups in total. The molecule has 2 rings (SSSR count). The molecule has 1 aliphatic rings. The van der Waals surface area contributed by atoms with E-state index in [0.717, 1.165) is 24.4 Å². The lowest BCUT2D eigenvalue weighted by molar-refractivity contribution is 0.0938. The van der Waals surface area contributed by atoms with Crippen LogP contribution in [0, 0.1) is 13.8 Å². The second-order valence-corrected chi connectivity index (χ2v) is 8.95. The number of Topliss-reactive ketones (excluding diaryl/α,β-unsaturated/α-hetero) is 1. The second-order valence-electron chi connectivity index (χ2n) is 6.72. The molecule has 0 aliphatic carbocycles. The largest absolute Gasteiger partial charge is 0.385 e. The highest BCUT2D eigenvalue weighted by Gasteiger charge is 2.31. The Bertz CT molecular complexity index is 694. The Morgan fingerprint density at radius 1 is 1.42 bits per heavy atom. The number of ketones is 1. The smallest absolute Gasteiger partial charge is 0.178 e. The number of nitrogens with zero attached hydrogens (tertiary/aromatic N) is 2. The first kappa shape index (κ1) is 19.1. The summed E-state index contributed by atoms with van der Waals surface area (Å²) in [5, 5.41) is 0. The van der Waals surface area contributed by atoms with Crippen molar-refractivity contribution in [3.63, 3.8) is 0 Å². The number of carbonyl (C=O) groups excluding carboxylic acids is 1. The third kappa shape index (κ3) is 4.46. The molecule has 1 unspecified atom stereocenters. The SMILES string of the molecule is COCCCN(C)CC(=O)c1cc(C)n(C2CCS(=O)(=O)C2)c1C. The molecule has 0 spiro atoms. The molecular formula is C17H28N2O4S. The molecule has 1 atom stereocenters. The number of hydrogen-bond donors (Lipinski definition) is 0. The number of aryl methyl sites for hydroxylation is 1. The molecule has 0 saturated carbocycles. The van der Waals surface area contributed by atoms with E-state index < -0.39 is 9.84 Å². The van der Waals surface area contributed by atoms with Crippen molar-refractivity contribution in [3.8, 4) is 0 Å².